The van der Waals surface area contributed by atoms with Gasteiger partial charge in [-0.1, -0.05) is 74.9 Å². The average Bonchev–Trinajstić information content (AvgIpc) is 3.55. The summed E-state index contributed by atoms with van der Waals surface area (Å²) in [4.78, 5) is 88.9. The second kappa shape index (κ2) is 17.4. The zero-order valence-corrected chi connectivity index (χ0v) is 30.1. The zero-order valence-electron chi connectivity index (χ0n) is 30.1. The highest BCUT2D eigenvalue weighted by molar-refractivity contribution is 5.96. The SMILES string of the molecule is CC(=O)N1CC(C)(C)c2ccccc21.CC(=O)N1CC2(CC2)c2ccccc21.CC(=O)N1CC2(CCC2)c2ccccc21.O=C=O.O=C=O.O=C=O. The van der Waals surface area contributed by atoms with Gasteiger partial charge in [-0.05, 0) is 60.6 Å². The summed E-state index contributed by atoms with van der Waals surface area (Å²) in [6.07, 6.45) is 7.03. The summed E-state index contributed by atoms with van der Waals surface area (Å²) in [5.74, 6) is 0.468. The van der Waals surface area contributed by atoms with Crippen molar-refractivity contribution in [2.24, 2.45) is 0 Å². The highest BCUT2D eigenvalue weighted by Gasteiger charge is 2.52. The molecule has 5 aliphatic rings. The number of carbonyl (C=O) groups is 3. The van der Waals surface area contributed by atoms with Gasteiger partial charge in [-0.25, -0.2) is 0 Å². The lowest BCUT2D eigenvalue weighted by Gasteiger charge is -2.38. The van der Waals surface area contributed by atoms with Gasteiger partial charge in [0, 0.05) is 73.7 Å². The molecule has 12 nitrogen and oxygen atoms in total. The van der Waals surface area contributed by atoms with Gasteiger partial charge in [0.15, 0.2) is 0 Å². The Morgan fingerprint density at radius 2 is 0.769 bits per heavy atom. The van der Waals surface area contributed by atoms with E-state index in [4.69, 9.17) is 28.8 Å². The minimum Gasteiger partial charge on any atom is -0.311 e. The molecule has 0 bridgehead atoms. The molecular formula is C40H43N3O9. The van der Waals surface area contributed by atoms with Gasteiger partial charge in [0.25, 0.3) is 0 Å². The lowest BCUT2D eigenvalue weighted by atomic mass is 9.66. The Morgan fingerprint density at radius 3 is 1.08 bits per heavy atom. The molecule has 12 heteroatoms. The largest absolute Gasteiger partial charge is 0.373 e. The summed E-state index contributed by atoms with van der Waals surface area (Å²) in [5.41, 5.74) is 8.14. The monoisotopic (exact) mass is 709 g/mol. The first-order valence-electron chi connectivity index (χ1n) is 16.8. The maximum atomic E-state index is 11.6. The third-order valence-electron chi connectivity index (χ3n) is 10.2. The van der Waals surface area contributed by atoms with Crippen molar-refractivity contribution < 1.29 is 43.2 Å². The number of para-hydroxylation sites is 3. The second-order valence-electron chi connectivity index (χ2n) is 13.9. The smallest absolute Gasteiger partial charge is 0.311 e. The van der Waals surface area contributed by atoms with Crippen molar-refractivity contribution in [3.63, 3.8) is 0 Å². The molecule has 8 rings (SSSR count). The van der Waals surface area contributed by atoms with E-state index in [0.29, 0.717) is 10.8 Å². The number of hydrogen-bond donors (Lipinski definition) is 0. The molecule has 3 aromatic carbocycles. The van der Waals surface area contributed by atoms with Crippen LogP contribution in [0.2, 0.25) is 0 Å². The van der Waals surface area contributed by atoms with Crippen LogP contribution in [0, 0.1) is 0 Å². The zero-order chi connectivity index (χ0) is 38.7. The van der Waals surface area contributed by atoms with E-state index in [1.54, 1.807) is 20.8 Å². The van der Waals surface area contributed by atoms with Crippen molar-refractivity contribution in [2.45, 2.75) is 83.0 Å². The summed E-state index contributed by atoms with van der Waals surface area (Å²) in [6, 6.07) is 24.8. The van der Waals surface area contributed by atoms with E-state index in [1.807, 2.05) is 45.0 Å². The van der Waals surface area contributed by atoms with E-state index in [1.165, 1.54) is 48.8 Å². The quantitative estimate of drug-likeness (QED) is 0.308. The van der Waals surface area contributed by atoms with Gasteiger partial charge >= 0.3 is 18.5 Å². The molecule has 0 radical (unpaired) electrons. The number of benzene rings is 3. The predicted molar refractivity (Wildman–Crippen MR) is 188 cm³/mol. The average molecular weight is 710 g/mol. The predicted octanol–water partition coefficient (Wildman–Crippen LogP) is 5.14. The Labute approximate surface area is 302 Å². The molecule has 0 aromatic heterocycles. The third-order valence-corrected chi connectivity index (χ3v) is 10.2. The topological polar surface area (TPSA) is 163 Å². The number of amides is 3. The first-order chi connectivity index (χ1) is 24.7. The van der Waals surface area contributed by atoms with Crippen molar-refractivity contribution in [1.29, 1.82) is 0 Å². The third kappa shape index (κ3) is 8.74. The minimum atomic E-state index is 0.0856. The highest BCUT2D eigenvalue weighted by Crippen LogP contribution is 2.56. The maximum Gasteiger partial charge on any atom is 0.373 e. The van der Waals surface area contributed by atoms with Crippen LogP contribution in [0.15, 0.2) is 72.8 Å². The standard InChI is InChI=1S/C13H15NO.C12H13NO.C12H15NO.3CO2/c1-10(15)14-9-13(7-4-8-13)11-5-2-3-6-12(11)14;1-9(14)13-8-12(6-7-12)10-4-2-3-5-11(10)13;1-9(14)13-8-12(2,3)10-6-4-5-7-11(10)13;3*2-1-3/h2-3,5-6H,4,7-9H2,1H3;2-5H,6-8H2,1H3;4-7H,8H2,1-3H3;;;. The van der Waals surface area contributed by atoms with E-state index in [-0.39, 0.29) is 41.6 Å². The summed E-state index contributed by atoms with van der Waals surface area (Å²) < 4.78 is 0. The Bertz CT molecular complexity index is 1780. The molecule has 0 N–H and O–H groups in total. The first kappa shape index (κ1) is 40.6. The Balaban J connectivity index is 0.000000189. The van der Waals surface area contributed by atoms with Crippen LogP contribution in [-0.2, 0) is 59.4 Å². The number of carbonyl (C=O) groups excluding carboxylic acids is 9. The fraction of sp³-hybridized carbons (Fsp3) is 0.400. The van der Waals surface area contributed by atoms with Crippen molar-refractivity contribution in [3.8, 4) is 0 Å². The molecule has 0 unspecified atom stereocenters. The van der Waals surface area contributed by atoms with Crippen molar-refractivity contribution >= 4 is 53.2 Å². The second-order valence-corrected chi connectivity index (χ2v) is 13.9. The summed E-state index contributed by atoms with van der Waals surface area (Å²) in [6.45, 7) is 11.9. The van der Waals surface area contributed by atoms with Crippen molar-refractivity contribution in [2.75, 3.05) is 34.3 Å². The molecular weight excluding hydrogens is 666 g/mol. The van der Waals surface area contributed by atoms with E-state index >= 15 is 0 Å². The fourth-order valence-electron chi connectivity index (χ4n) is 7.56. The van der Waals surface area contributed by atoms with Gasteiger partial charge in [-0.2, -0.15) is 28.8 Å². The summed E-state index contributed by atoms with van der Waals surface area (Å²) in [7, 11) is 0. The molecule has 272 valence electrons. The number of nitrogens with zero attached hydrogens (tertiary/aromatic N) is 3. The van der Waals surface area contributed by atoms with Crippen molar-refractivity contribution in [1.82, 2.24) is 0 Å². The lowest BCUT2D eigenvalue weighted by Crippen LogP contribution is -2.40. The normalized spacial score (nSPS) is 17.1. The van der Waals surface area contributed by atoms with Crippen LogP contribution in [0.1, 0.15) is 83.4 Å². The Morgan fingerprint density at radius 1 is 0.481 bits per heavy atom. The van der Waals surface area contributed by atoms with Crippen LogP contribution in [0.25, 0.3) is 0 Å². The maximum absolute atomic E-state index is 11.6. The highest BCUT2D eigenvalue weighted by atomic mass is 16.2. The van der Waals surface area contributed by atoms with Gasteiger partial charge in [0.05, 0.1) is 0 Å². The minimum absolute atomic E-state index is 0.0856. The molecule has 3 heterocycles. The lowest BCUT2D eigenvalue weighted by molar-refractivity contribution is -0.193. The molecule has 2 fully saturated rings. The van der Waals surface area contributed by atoms with Crippen LogP contribution in [0.3, 0.4) is 0 Å². The Hall–Kier alpha value is -5.79. The molecule has 0 atom stereocenters. The van der Waals surface area contributed by atoms with E-state index in [0.717, 1.165) is 36.7 Å². The molecule has 0 saturated heterocycles. The summed E-state index contributed by atoms with van der Waals surface area (Å²) >= 11 is 0. The molecule has 3 amide bonds. The molecule has 2 spiro atoms. The van der Waals surface area contributed by atoms with Crippen molar-refractivity contribution in [3.05, 3.63) is 89.5 Å². The molecule has 2 aliphatic carbocycles. The van der Waals surface area contributed by atoms with Crippen LogP contribution in [0.5, 0.6) is 0 Å². The van der Waals surface area contributed by atoms with Gasteiger partial charge in [0.2, 0.25) is 17.7 Å². The van der Waals surface area contributed by atoms with Crippen LogP contribution in [-0.4, -0.2) is 55.8 Å². The summed E-state index contributed by atoms with van der Waals surface area (Å²) in [5, 5.41) is 0. The van der Waals surface area contributed by atoms with Crippen LogP contribution >= 0.6 is 0 Å². The van der Waals surface area contributed by atoms with Gasteiger partial charge in [-0.15, -0.1) is 0 Å². The number of anilines is 3. The molecule has 52 heavy (non-hydrogen) atoms. The Kier molecular flexibility index (Phi) is 13.6. The number of rotatable bonds is 0. The van der Waals surface area contributed by atoms with Gasteiger partial charge in [0.1, 0.15) is 0 Å². The van der Waals surface area contributed by atoms with Crippen LogP contribution < -0.4 is 14.7 Å². The molecule has 3 aliphatic heterocycles. The van der Waals surface area contributed by atoms with Gasteiger partial charge in [-0.3, -0.25) is 14.4 Å². The van der Waals surface area contributed by atoms with E-state index in [2.05, 4.69) is 56.3 Å². The fourth-order valence-corrected chi connectivity index (χ4v) is 7.56. The number of fused-ring (bicyclic) bond motifs is 5. The molecule has 2 saturated carbocycles. The van der Waals surface area contributed by atoms with Crippen LogP contribution in [0.4, 0.5) is 17.1 Å². The number of hydrogen-bond acceptors (Lipinski definition) is 9. The first-order valence-corrected chi connectivity index (χ1v) is 16.8. The van der Waals surface area contributed by atoms with E-state index in [9.17, 15) is 14.4 Å². The van der Waals surface area contributed by atoms with Gasteiger partial charge < -0.3 is 14.7 Å². The molecule has 3 aromatic rings. The van der Waals surface area contributed by atoms with E-state index < -0.39 is 0 Å².